The van der Waals surface area contributed by atoms with Crippen LogP contribution in [0.2, 0.25) is 0 Å². The molecule has 2 aromatic carbocycles. The fraction of sp³-hybridized carbons (Fsp3) is 0.533. The van der Waals surface area contributed by atoms with Gasteiger partial charge in [-0.15, -0.1) is 0 Å². The summed E-state index contributed by atoms with van der Waals surface area (Å²) in [6.07, 6.45) is 1.05. The first-order valence-electron chi connectivity index (χ1n) is 14.1. The molecule has 222 valence electrons. The van der Waals surface area contributed by atoms with E-state index in [1.54, 1.807) is 12.1 Å². The van der Waals surface area contributed by atoms with Gasteiger partial charge in [0, 0.05) is 44.0 Å². The van der Waals surface area contributed by atoms with Crippen LogP contribution in [0.4, 0.5) is 5.69 Å². The van der Waals surface area contributed by atoms with Gasteiger partial charge in [-0.25, -0.2) is 4.79 Å². The number of nitrogens with one attached hydrogen (secondary N) is 1. The fourth-order valence-electron chi connectivity index (χ4n) is 4.94. The van der Waals surface area contributed by atoms with Crippen LogP contribution in [0.1, 0.15) is 61.0 Å². The van der Waals surface area contributed by atoms with Crippen molar-refractivity contribution in [1.29, 1.82) is 0 Å². The van der Waals surface area contributed by atoms with E-state index in [4.69, 9.17) is 4.74 Å². The number of esters is 1. The second kappa shape index (κ2) is 17.6. The molecule has 2 fully saturated rings. The van der Waals surface area contributed by atoms with Gasteiger partial charge < -0.3 is 24.8 Å². The Balaban J connectivity index is 0.00000134. The van der Waals surface area contributed by atoms with Crippen LogP contribution in [0.25, 0.3) is 0 Å². The van der Waals surface area contributed by atoms with Crippen LogP contribution in [0, 0.1) is 0 Å². The molecular weight excluding hydrogens is 510 g/mol. The number of nitrogens with two attached hydrogens (primary N) is 2. The highest BCUT2D eigenvalue weighted by Gasteiger charge is 2.27. The molecule has 0 bridgehead atoms. The topological polar surface area (TPSA) is 143 Å². The molecule has 6 N–H and O–H groups in total. The Morgan fingerprint density at radius 1 is 1.00 bits per heavy atom. The van der Waals surface area contributed by atoms with Gasteiger partial charge in [-0.1, -0.05) is 38.1 Å². The van der Waals surface area contributed by atoms with Crippen molar-refractivity contribution in [2.45, 2.75) is 58.2 Å². The van der Waals surface area contributed by atoms with Crippen molar-refractivity contribution >= 4 is 17.6 Å². The highest BCUT2D eigenvalue weighted by Crippen LogP contribution is 2.31. The summed E-state index contributed by atoms with van der Waals surface area (Å²) in [6, 6.07) is 15.4. The van der Waals surface area contributed by atoms with E-state index in [1.165, 1.54) is 30.8 Å². The van der Waals surface area contributed by atoms with Crippen LogP contribution in [-0.4, -0.2) is 80.5 Å². The molecule has 4 rings (SSSR count). The van der Waals surface area contributed by atoms with E-state index in [1.807, 2.05) is 26.0 Å². The lowest BCUT2D eigenvalue weighted by Crippen LogP contribution is -2.48. The normalized spacial score (nSPS) is 17.3. The number of hydrogen-bond donors (Lipinski definition) is 4. The molecule has 0 unspecified atom stereocenters. The van der Waals surface area contributed by atoms with Gasteiger partial charge >= 0.3 is 5.97 Å². The second-order valence-corrected chi connectivity index (χ2v) is 9.65. The molecule has 2 aliphatic heterocycles. The number of amides is 1. The standard InChI is InChI=1S/C28H37N3O5.C2H6.H4N2/c1-20(32)26(28(34)35-2)29-27(33)24-7-5-22(6-8-24)23-11-13-31(14-12-23)25-9-3-21(4-10-25)19-30-15-17-36-18-16-30;2*1-2/h3-10,20,23,26,32H,11-19H2,1-2H3,(H,29,33);1-2H3;1-2H2/t20-,26+;;/m1../s1. The van der Waals surface area contributed by atoms with Gasteiger partial charge in [0.15, 0.2) is 6.04 Å². The Kier molecular flexibility index (Phi) is 14.6. The predicted octanol–water partition coefficient (Wildman–Crippen LogP) is 2.40. The number of piperidine rings is 1. The number of aliphatic hydroxyl groups excluding tert-OH is 1. The van der Waals surface area contributed by atoms with E-state index in [-0.39, 0.29) is 0 Å². The Hall–Kier alpha value is -3.02. The van der Waals surface area contributed by atoms with Crippen LogP contribution in [-0.2, 0) is 20.8 Å². The zero-order chi connectivity index (χ0) is 29.5. The average Bonchev–Trinajstić information content (AvgIpc) is 3.02. The van der Waals surface area contributed by atoms with Gasteiger partial charge in [0.2, 0.25) is 0 Å². The first-order valence-corrected chi connectivity index (χ1v) is 14.1. The molecule has 0 radical (unpaired) electrons. The first-order chi connectivity index (χ1) is 19.4. The predicted molar refractivity (Wildman–Crippen MR) is 158 cm³/mol. The number of morpholine rings is 1. The zero-order valence-electron chi connectivity index (χ0n) is 24.3. The third-order valence-corrected chi connectivity index (χ3v) is 7.17. The van der Waals surface area contributed by atoms with Gasteiger partial charge in [0.05, 0.1) is 26.4 Å². The van der Waals surface area contributed by atoms with E-state index in [0.29, 0.717) is 11.5 Å². The molecule has 0 aliphatic carbocycles. The number of benzene rings is 2. The molecule has 2 aromatic rings. The number of hydrogen-bond acceptors (Lipinski definition) is 9. The maximum Gasteiger partial charge on any atom is 0.331 e. The summed E-state index contributed by atoms with van der Waals surface area (Å²) in [4.78, 5) is 29.2. The molecule has 0 saturated carbocycles. The summed E-state index contributed by atoms with van der Waals surface area (Å²) in [5, 5.41) is 12.3. The molecule has 2 atom stereocenters. The molecule has 10 heteroatoms. The zero-order valence-corrected chi connectivity index (χ0v) is 24.3. The lowest BCUT2D eigenvalue weighted by Gasteiger charge is -2.34. The number of carbonyl (C=O) groups excluding carboxylic acids is 2. The van der Waals surface area contributed by atoms with Crippen molar-refractivity contribution in [3.63, 3.8) is 0 Å². The summed E-state index contributed by atoms with van der Waals surface area (Å²) < 4.78 is 10.1. The maximum atomic E-state index is 12.6. The SMILES string of the molecule is CC.COC(=O)[C@@H](NC(=O)c1ccc(C2CCN(c3ccc(CN4CCOCC4)cc3)CC2)cc1)[C@@H](C)O.NN. The van der Waals surface area contributed by atoms with Crippen LogP contribution >= 0.6 is 0 Å². The van der Waals surface area contributed by atoms with Crippen LogP contribution in [0.3, 0.4) is 0 Å². The lowest BCUT2D eigenvalue weighted by atomic mass is 9.88. The largest absolute Gasteiger partial charge is 0.467 e. The fourth-order valence-corrected chi connectivity index (χ4v) is 4.94. The van der Waals surface area contributed by atoms with Crippen molar-refractivity contribution in [1.82, 2.24) is 10.2 Å². The van der Waals surface area contributed by atoms with Gasteiger partial charge in [0.25, 0.3) is 5.91 Å². The molecule has 0 spiro atoms. The van der Waals surface area contributed by atoms with Gasteiger partial charge in [-0.3, -0.25) is 21.4 Å². The molecule has 2 heterocycles. The number of carbonyl (C=O) groups is 2. The summed E-state index contributed by atoms with van der Waals surface area (Å²) in [5.74, 6) is 7.36. The van der Waals surface area contributed by atoms with Crippen molar-refractivity contribution in [2.75, 3.05) is 51.4 Å². The molecule has 2 saturated heterocycles. The summed E-state index contributed by atoms with van der Waals surface area (Å²) in [6.45, 7) is 12.0. The highest BCUT2D eigenvalue weighted by atomic mass is 16.5. The Morgan fingerprint density at radius 2 is 1.57 bits per heavy atom. The van der Waals surface area contributed by atoms with Crippen molar-refractivity contribution in [2.24, 2.45) is 11.7 Å². The molecule has 40 heavy (non-hydrogen) atoms. The Labute approximate surface area is 238 Å². The minimum absolute atomic E-state index is 0.412. The second-order valence-electron chi connectivity index (χ2n) is 9.65. The third-order valence-electron chi connectivity index (χ3n) is 7.17. The smallest absolute Gasteiger partial charge is 0.331 e. The Morgan fingerprint density at radius 3 is 2.10 bits per heavy atom. The van der Waals surface area contributed by atoms with E-state index < -0.39 is 24.0 Å². The number of anilines is 1. The highest BCUT2D eigenvalue weighted by molar-refractivity contribution is 5.97. The van der Waals surface area contributed by atoms with Gasteiger partial charge in [-0.05, 0) is 61.1 Å². The van der Waals surface area contributed by atoms with Gasteiger partial charge in [0.1, 0.15) is 0 Å². The van der Waals surface area contributed by atoms with E-state index >= 15 is 0 Å². The van der Waals surface area contributed by atoms with Gasteiger partial charge in [-0.2, -0.15) is 0 Å². The number of hydrazine groups is 1. The van der Waals surface area contributed by atoms with Crippen LogP contribution in [0.5, 0.6) is 0 Å². The summed E-state index contributed by atoms with van der Waals surface area (Å²) in [5.41, 5.74) is 4.27. The molecule has 10 nitrogen and oxygen atoms in total. The minimum Gasteiger partial charge on any atom is -0.467 e. The van der Waals surface area contributed by atoms with E-state index in [0.717, 1.165) is 58.8 Å². The van der Waals surface area contributed by atoms with Crippen molar-refractivity contribution < 1.29 is 24.2 Å². The molecular formula is C30H47N5O5. The maximum absolute atomic E-state index is 12.6. The molecule has 2 aliphatic rings. The van der Waals surface area contributed by atoms with Crippen molar-refractivity contribution in [3.05, 3.63) is 65.2 Å². The van der Waals surface area contributed by atoms with Crippen molar-refractivity contribution in [3.8, 4) is 0 Å². The van der Waals surface area contributed by atoms with E-state index in [2.05, 4.69) is 55.8 Å². The quantitative estimate of drug-likeness (QED) is 0.219. The molecule has 0 aromatic heterocycles. The lowest BCUT2D eigenvalue weighted by molar-refractivity contribution is -0.145. The number of methoxy groups -OCH3 is 1. The minimum atomic E-state index is -1.10. The Bertz CT molecular complexity index is 1000. The summed E-state index contributed by atoms with van der Waals surface area (Å²) in [7, 11) is 1.23. The monoisotopic (exact) mass is 557 g/mol. The third kappa shape index (κ3) is 9.57. The number of nitrogens with zero attached hydrogens (tertiary/aromatic N) is 2. The van der Waals surface area contributed by atoms with E-state index in [9.17, 15) is 14.7 Å². The molecule has 1 amide bonds. The number of aliphatic hydroxyl groups is 1. The van der Waals surface area contributed by atoms with Crippen LogP contribution < -0.4 is 21.9 Å². The van der Waals surface area contributed by atoms with Crippen LogP contribution in [0.15, 0.2) is 48.5 Å². The summed E-state index contributed by atoms with van der Waals surface area (Å²) >= 11 is 0. The first kappa shape index (κ1) is 33.2. The average molecular weight is 558 g/mol. The number of rotatable bonds is 8. The number of ether oxygens (including phenoxy) is 2.